The molecule has 1 aromatic heterocycles. The largest absolute Gasteiger partial charge is 0.350 e. The van der Waals surface area contributed by atoms with Crippen LogP contribution in [0.15, 0.2) is 12.4 Å². The Kier molecular flexibility index (Phi) is 2.29. The minimum atomic E-state index is -0.885. The van der Waals surface area contributed by atoms with Gasteiger partial charge in [-0.2, -0.15) is 10.2 Å². The van der Waals surface area contributed by atoms with Gasteiger partial charge in [-0.3, -0.25) is 10.3 Å². The maximum absolute atomic E-state index is 10.5. The molecular weight excluding hydrogens is 160 g/mol. The Bertz CT molecular complexity index is 259. The van der Waals surface area contributed by atoms with Gasteiger partial charge in [0.15, 0.2) is 0 Å². The number of nitrogens with zero attached hydrogens (tertiary/aromatic N) is 2. The van der Waals surface area contributed by atoms with E-state index in [-0.39, 0.29) is 0 Å². The number of urea groups is 1. The average molecular weight is 170 g/mol. The number of aromatic amines is 1. The zero-order valence-electron chi connectivity index (χ0n) is 6.56. The van der Waals surface area contributed by atoms with Crippen molar-refractivity contribution < 1.29 is 10.0 Å². The summed E-state index contributed by atoms with van der Waals surface area (Å²) in [4.78, 5) is 10.5. The first kappa shape index (κ1) is 8.54. The highest BCUT2D eigenvalue weighted by Crippen LogP contribution is 2.15. The Morgan fingerprint density at radius 1 is 1.92 bits per heavy atom. The van der Waals surface area contributed by atoms with Gasteiger partial charge < -0.3 is 5.73 Å². The Hall–Kier alpha value is -1.56. The van der Waals surface area contributed by atoms with E-state index in [4.69, 9.17) is 10.9 Å². The summed E-state index contributed by atoms with van der Waals surface area (Å²) in [5.74, 6) is 0. The molecule has 1 unspecified atom stereocenters. The van der Waals surface area contributed by atoms with Crippen molar-refractivity contribution in [3.05, 3.63) is 18.0 Å². The number of hydrogen-bond donors (Lipinski definition) is 3. The number of primary amides is 1. The monoisotopic (exact) mass is 170 g/mol. The van der Waals surface area contributed by atoms with E-state index in [1.807, 2.05) is 0 Å². The molecule has 0 aliphatic rings. The lowest BCUT2D eigenvalue weighted by atomic mass is 10.2. The highest BCUT2D eigenvalue weighted by Gasteiger charge is 2.17. The van der Waals surface area contributed by atoms with Gasteiger partial charge in [0, 0.05) is 11.8 Å². The van der Waals surface area contributed by atoms with Gasteiger partial charge in [-0.05, 0) is 6.92 Å². The van der Waals surface area contributed by atoms with Crippen LogP contribution in [-0.4, -0.2) is 26.5 Å². The van der Waals surface area contributed by atoms with Crippen LogP contribution in [0.1, 0.15) is 18.5 Å². The fourth-order valence-corrected chi connectivity index (χ4v) is 0.821. The Balaban J connectivity index is 2.71. The van der Waals surface area contributed by atoms with Crippen molar-refractivity contribution in [3.8, 4) is 0 Å². The molecule has 0 saturated carbocycles. The first-order valence-corrected chi connectivity index (χ1v) is 3.39. The summed E-state index contributed by atoms with van der Waals surface area (Å²) < 4.78 is 0. The predicted molar refractivity (Wildman–Crippen MR) is 40.2 cm³/mol. The molecule has 0 radical (unpaired) electrons. The van der Waals surface area contributed by atoms with Gasteiger partial charge in [0.2, 0.25) is 0 Å². The number of hydroxylamine groups is 2. The molecule has 0 fully saturated rings. The van der Waals surface area contributed by atoms with Crippen LogP contribution in [0.4, 0.5) is 4.79 Å². The summed E-state index contributed by atoms with van der Waals surface area (Å²) in [6.45, 7) is 1.63. The lowest BCUT2D eigenvalue weighted by molar-refractivity contribution is -0.0709. The van der Waals surface area contributed by atoms with Crippen LogP contribution in [0.3, 0.4) is 0 Å². The lowest BCUT2D eigenvalue weighted by Crippen LogP contribution is -2.34. The molecule has 0 bridgehead atoms. The maximum Gasteiger partial charge on any atom is 0.339 e. The number of nitrogens with one attached hydrogen (secondary N) is 1. The molecule has 1 rings (SSSR count). The molecule has 12 heavy (non-hydrogen) atoms. The summed E-state index contributed by atoms with van der Waals surface area (Å²) in [5.41, 5.74) is 5.54. The van der Waals surface area contributed by atoms with Crippen molar-refractivity contribution in [1.29, 1.82) is 0 Å². The van der Waals surface area contributed by atoms with Crippen LogP contribution in [0, 0.1) is 0 Å². The highest BCUT2D eigenvalue weighted by molar-refractivity contribution is 5.71. The van der Waals surface area contributed by atoms with E-state index in [0.717, 1.165) is 0 Å². The van der Waals surface area contributed by atoms with E-state index in [0.29, 0.717) is 10.6 Å². The molecule has 0 aliphatic heterocycles. The topological polar surface area (TPSA) is 95.2 Å². The van der Waals surface area contributed by atoms with Gasteiger partial charge in [-0.25, -0.2) is 4.79 Å². The molecule has 0 aromatic carbocycles. The quantitative estimate of drug-likeness (QED) is 0.438. The van der Waals surface area contributed by atoms with Gasteiger partial charge in [-0.1, -0.05) is 0 Å². The third kappa shape index (κ3) is 1.54. The molecule has 4 N–H and O–H groups in total. The van der Waals surface area contributed by atoms with Crippen LogP contribution in [0.2, 0.25) is 0 Å². The summed E-state index contributed by atoms with van der Waals surface area (Å²) in [7, 11) is 0. The van der Waals surface area contributed by atoms with Crippen molar-refractivity contribution in [2.75, 3.05) is 0 Å². The van der Waals surface area contributed by atoms with Crippen LogP contribution in [0.25, 0.3) is 0 Å². The minimum absolute atomic E-state index is 0.449. The van der Waals surface area contributed by atoms with Crippen molar-refractivity contribution in [1.82, 2.24) is 15.3 Å². The van der Waals surface area contributed by atoms with Crippen LogP contribution in [-0.2, 0) is 0 Å². The molecular formula is C6H10N4O2. The number of aromatic nitrogens is 2. The number of H-pyrrole nitrogens is 1. The van der Waals surface area contributed by atoms with Gasteiger partial charge >= 0.3 is 6.03 Å². The van der Waals surface area contributed by atoms with E-state index < -0.39 is 12.1 Å². The zero-order chi connectivity index (χ0) is 9.14. The summed E-state index contributed by atoms with van der Waals surface area (Å²) in [6, 6.07) is -1.37. The number of amides is 2. The first-order valence-electron chi connectivity index (χ1n) is 3.39. The second-order valence-electron chi connectivity index (χ2n) is 2.39. The number of hydrogen-bond acceptors (Lipinski definition) is 3. The molecule has 0 spiro atoms. The third-order valence-corrected chi connectivity index (χ3v) is 1.59. The van der Waals surface area contributed by atoms with E-state index in [9.17, 15) is 4.79 Å². The van der Waals surface area contributed by atoms with Crippen molar-refractivity contribution in [2.45, 2.75) is 13.0 Å². The maximum atomic E-state index is 10.5. The Morgan fingerprint density at radius 3 is 3.00 bits per heavy atom. The smallest absolute Gasteiger partial charge is 0.339 e. The minimum Gasteiger partial charge on any atom is -0.350 e. The van der Waals surface area contributed by atoms with Crippen LogP contribution < -0.4 is 5.73 Å². The molecule has 0 aliphatic carbocycles. The zero-order valence-corrected chi connectivity index (χ0v) is 6.56. The Morgan fingerprint density at radius 2 is 2.58 bits per heavy atom. The number of nitrogens with two attached hydrogens (primary N) is 1. The van der Waals surface area contributed by atoms with Gasteiger partial charge in [0.05, 0.1) is 12.2 Å². The van der Waals surface area contributed by atoms with Gasteiger partial charge in [0.1, 0.15) is 0 Å². The fraction of sp³-hybridized carbons (Fsp3) is 0.333. The van der Waals surface area contributed by atoms with Crippen molar-refractivity contribution >= 4 is 6.03 Å². The molecule has 6 nitrogen and oxygen atoms in total. The SMILES string of the molecule is CC(c1cn[nH]c1)N(O)C(N)=O. The van der Waals surface area contributed by atoms with Gasteiger partial charge in [-0.15, -0.1) is 0 Å². The normalized spacial score (nSPS) is 12.5. The van der Waals surface area contributed by atoms with E-state index >= 15 is 0 Å². The van der Waals surface area contributed by atoms with E-state index in [2.05, 4.69) is 10.2 Å². The summed E-state index contributed by atoms with van der Waals surface area (Å²) >= 11 is 0. The Labute approximate surface area is 68.9 Å². The second-order valence-corrected chi connectivity index (χ2v) is 2.39. The average Bonchev–Trinajstić information content (AvgIpc) is 2.53. The number of carbonyl (C=O) groups excluding carboxylic acids is 1. The molecule has 0 saturated heterocycles. The standard InChI is InChI=1S/C6H10N4O2/c1-4(10(12)6(7)11)5-2-8-9-3-5/h2-4,12H,1H3,(H2,7,11)(H,8,9). The molecule has 66 valence electrons. The summed E-state index contributed by atoms with van der Waals surface area (Å²) in [5, 5.41) is 15.8. The molecule has 1 heterocycles. The predicted octanol–water partition coefficient (Wildman–Crippen LogP) is 0.241. The molecule has 6 heteroatoms. The number of carbonyl (C=O) groups is 1. The highest BCUT2D eigenvalue weighted by atomic mass is 16.5. The lowest BCUT2D eigenvalue weighted by Gasteiger charge is -2.18. The summed E-state index contributed by atoms with van der Waals surface area (Å²) in [6.07, 6.45) is 3.09. The van der Waals surface area contributed by atoms with Crippen molar-refractivity contribution in [2.24, 2.45) is 5.73 Å². The van der Waals surface area contributed by atoms with Crippen molar-refractivity contribution in [3.63, 3.8) is 0 Å². The van der Waals surface area contributed by atoms with Gasteiger partial charge in [0.25, 0.3) is 0 Å². The second kappa shape index (κ2) is 3.22. The van der Waals surface area contributed by atoms with E-state index in [1.54, 1.807) is 13.1 Å². The van der Waals surface area contributed by atoms with Crippen LogP contribution >= 0.6 is 0 Å². The fourth-order valence-electron chi connectivity index (χ4n) is 0.821. The molecule has 1 aromatic rings. The van der Waals surface area contributed by atoms with E-state index in [1.165, 1.54) is 6.20 Å². The molecule has 2 amide bonds. The molecule has 1 atom stereocenters. The number of rotatable bonds is 2. The third-order valence-electron chi connectivity index (χ3n) is 1.59. The van der Waals surface area contributed by atoms with Crippen LogP contribution in [0.5, 0.6) is 0 Å². The first-order chi connectivity index (χ1) is 5.63.